The summed E-state index contributed by atoms with van der Waals surface area (Å²) in [5.74, 6) is -1.57. The Morgan fingerprint density at radius 1 is 1.14 bits per heavy atom. The molecule has 0 saturated heterocycles. The second-order valence-electron chi connectivity index (χ2n) is 4.19. The van der Waals surface area contributed by atoms with Gasteiger partial charge in [0.1, 0.15) is 0 Å². The van der Waals surface area contributed by atoms with Gasteiger partial charge in [-0.1, -0.05) is 23.4 Å². The molecule has 0 aliphatic carbocycles. The fraction of sp³-hybridized carbons (Fsp3) is 0. The van der Waals surface area contributed by atoms with Crippen LogP contribution in [0.25, 0.3) is 0 Å². The first-order valence-electron chi connectivity index (χ1n) is 5.93. The number of carbonyl (C=O) groups is 1. The van der Waals surface area contributed by atoms with Crippen molar-refractivity contribution >= 4 is 17.4 Å². The van der Waals surface area contributed by atoms with Gasteiger partial charge in [0.2, 0.25) is 0 Å². The highest BCUT2D eigenvalue weighted by molar-refractivity contribution is 6.07. The number of amides is 1. The lowest BCUT2D eigenvalue weighted by atomic mass is 10.1. The van der Waals surface area contributed by atoms with Crippen LogP contribution in [0.5, 0.6) is 11.5 Å². The third kappa shape index (κ3) is 3.03. The monoisotopic (exact) mass is 287 g/mol. The van der Waals surface area contributed by atoms with Gasteiger partial charge in [-0.2, -0.15) is 0 Å². The number of amidine groups is 1. The summed E-state index contributed by atoms with van der Waals surface area (Å²) >= 11 is 0. The maximum Gasteiger partial charge on any atom is 0.259 e. The minimum absolute atomic E-state index is 0.0656. The second kappa shape index (κ2) is 5.83. The maximum atomic E-state index is 12.0. The fourth-order valence-electron chi connectivity index (χ4n) is 1.73. The van der Waals surface area contributed by atoms with Crippen LogP contribution in [0, 0.1) is 0 Å². The Hall–Kier alpha value is -3.22. The van der Waals surface area contributed by atoms with Gasteiger partial charge in [0.15, 0.2) is 17.3 Å². The normalized spacial score (nSPS) is 11.1. The molecular weight excluding hydrogens is 274 g/mol. The standard InChI is InChI=1S/C14H13N3O4/c15-13(17-21)8-3-1-4-9(7-8)16-14(20)10-5-2-6-11(18)12(10)19/h1-7,18-19,21H,(H2,15,17)(H,16,20). The van der Waals surface area contributed by atoms with E-state index < -0.39 is 11.7 Å². The van der Waals surface area contributed by atoms with Crippen LogP contribution in [-0.4, -0.2) is 27.2 Å². The van der Waals surface area contributed by atoms with Gasteiger partial charge in [0, 0.05) is 11.3 Å². The van der Waals surface area contributed by atoms with Crippen LogP contribution in [-0.2, 0) is 0 Å². The second-order valence-corrected chi connectivity index (χ2v) is 4.19. The molecule has 21 heavy (non-hydrogen) atoms. The van der Waals surface area contributed by atoms with Gasteiger partial charge in [-0.3, -0.25) is 4.79 Å². The average molecular weight is 287 g/mol. The van der Waals surface area contributed by atoms with Crippen molar-refractivity contribution in [1.82, 2.24) is 0 Å². The van der Waals surface area contributed by atoms with Crippen molar-refractivity contribution in [1.29, 1.82) is 0 Å². The molecular formula is C14H13N3O4. The fourth-order valence-corrected chi connectivity index (χ4v) is 1.73. The van der Waals surface area contributed by atoms with Crippen molar-refractivity contribution in [2.45, 2.75) is 0 Å². The molecule has 0 fully saturated rings. The summed E-state index contributed by atoms with van der Waals surface area (Å²) in [5, 5.41) is 33.1. The molecule has 2 aromatic carbocycles. The summed E-state index contributed by atoms with van der Waals surface area (Å²) in [7, 11) is 0. The van der Waals surface area contributed by atoms with E-state index >= 15 is 0 Å². The highest BCUT2D eigenvalue weighted by Gasteiger charge is 2.14. The first-order chi connectivity index (χ1) is 10.0. The van der Waals surface area contributed by atoms with Crippen LogP contribution in [0.3, 0.4) is 0 Å². The number of para-hydroxylation sites is 1. The van der Waals surface area contributed by atoms with Gasteiger partial charge in [-0.05, 0) is 24.3 Å². The number of nitrogens with one attached hydrogen (secondary N) is 1. The van der Waals surface area contributed by atoms with E-state index in [0.29, 0.717) is 11.3 Å². The molecule has 0 atom stereocenters. The van der Waals surface area contributed by atoms with Gasteiger partial charge >= 0.3 is 0 Å². The van der Waals surface area contributed by atoms with Gasteiger partial charge in [0.25, 0.3) is 5.91 Å². The molecule has 2 rings (SSSR count). The molecule has 7 heteroatoms. The van der Waals surface area contributed by atoms with Gasteiger partial charge < -0.3 is 26.5 Å². The third-order valence-electron chi connectivity index (χ3n) is 2.78. The van der Waals surface area contributed by atoms with Crippen LogP contribution in [0.1, 0.15) is 15.9 Å². The van der Waals surface area contributed by atoms with E-state index in [1.807, 2.05) is 0 Å². The molecule has 108 valence electrons. The van der Waals surface area contributed by atoms with Crippen LogP contribution in [0.4, 0.5) is 5.69 Å². The summed E-state index contributed by atoms with van der Waals surface area (Å²) in [6.07, 6.45) is 0. The zero-order valence-corrected chi connectivity index (χ0v) is 10.8. The molecule has 0 aliphatic heterocycles. The summed E-state index contributed by atoms with van der Waals surface area (Å²) in [6, 6.07) is 10.4. The van der Waals surface area contributed by atoms with Gasteiger partial charge in [-0.25, -0.2) is 0 Å². The van der Waals surface area contributed by atoms with Crippen LogP contribution in [0.15, 0.2) is 47.6 Å². The SMILES string of the molecule is N/C(=N/O)c1cccc(NC(=O)c2cccc(O)c2O)c1. The molecule has 0 saturated carbocycles. The highest BCUT2D eigenvalue weighted by Crippen LogP contribution is 2.28. The maximum absolute atomic E-state index is 12.0. The molecule has 0 aromatic heterocycles. The molecule has 0 radical (unpaired) electrons. The number of hydrogen-bond acceptors (Lipinski definition) is 5. The number of hydrogen-bond donors (Lipinski definition) is 5. The third-order valence-corrected chi connectivity index (χ3v) is 2.78. The minimum Gasteiger partial charge on any atom is -0.504 e. The molecule has 2 aromatic rings. The van der Waals surface area contributed by atoms with E-state index in [1.54, 1.807) is 18.2 Å². The van der Waals surface area contributed by atoms with Crippen molar-refractivity contribution in [3.63, 3.8) is 0 Å². The molecule has 1 amide bonds. The van der Waals surface area contributed by atoms with Crippen LogP contribution >= 0.6 is 0 Å². The van der Waals surface area contributed by atoms with Crippen LogP contribution < -0.4 is 11.1 Å². The Balaban J connectivity index is 2.26. The number of phenolic OH excluding ortho intramolecular Hbond substituents is 2. The van der Waals surface area contributed by atoms with Crippen molar-refractivity contribution in [3.05, 3.63) is 53.6 Å². The molecule has 0 bridgehead atoms. The number of aromatic hydroxyl groups is 2. The first-order valence-corrected chi connectivity index (χ1v) is 5.93. The van der Waals surface area contributed by atoms with E-state index in [0.717, 1.165) is 0 Å². The van der Waals surface area contributed by atoms with E-state index in [4.69, 9.17) is 10.9 Å². The molecule has 6 N–H and O–H groups in total. The van der Waals surface area contributed by atoms with Crippen molar-refractivity contribution in [3.8, 4) is 11.5 Å². The Morgan fingerprint density at radius 2 is 1.86 bits per heavy atom. The number of nitrogens with zero attached hydrogens (tertiary/aromatic N) is 1. The lowest BCUT2D eigenvalue weighted by Gasteiger charge is -2.08. The summed E-state index contributed by atoms with van der Waals surface area (Å²) in [6.45, 7) is 0. The number of nitrogens with two attached hydrogens (primary N) is 1. The lowest BCUT2D eigenvalue weighted by Crippen LogP contribution is -2.15. The van der Waals surface area contributed by atoms with Gasteiger partial charge in [-0.15, -0.1) is 0 Å². The zero-order valence-electron chi connectivity index (χ0n) is 10.8. The summed E-state index contributed by atoms with van der Waals surface area (Å²) in [4.78, 5) is 12.0. The number of carbonyl (C=O) groups excluding carboxylic acids is 1. The molecule has 0 heterocycles. The average Bonchev–Trinajstić information content (AvgIpc) is 2.49. The smallest absolute Gasteiger partial charge is 0.259 e. The Morgan fingerprint density at radius 3 is 2.57 bits per heavy atom. The molecule has 7 nitrogen and oxygen atoms in total. The van der Waals surface area contributed by atoms with E-state index in [9.17, 15) is 15.0 Å². The van der Waals surface area contributed by atoms with Crippen molar-refractivity contribution in [2.24, 2.45) is 10.9 Å². The minimum atomic E-state index is -0.597. The Kier molecular flexibility index (Phi) is 3.94. The Bertz CT molecular complexity index is 713. The van der Waals surface area contributed by atoms with E-state index in [-0.39, 0.29) is 17.1 Å². The Labute approximate surface area is 120 Å². The summed E-state index contributed by atoms with van der Waals surface area (Å²) in [5.41, 5.74) is 6.22. The molecule has 0 unspecified atom stereocenters. The van der Waals surface area contributed by atoms with Crippen molar-refractivity contribution < 1.29 is 20.2 Å². The van der Waals surface area contributed by atoms with Gasteiger partial charge in [0.05, 0.1) is 5.56 Å². The summed E-state index contributed by atoms with van der Waals surface area (Å²) < 4.78 is 0. The van der Waals surface area contributed by atoms with E-state index in [1.165, 1.54) is 24.3 Å². The quantitative estimate of drug-likeness (QED) is 0.192. The number of oxime groups is 1. The lowest BCUT2D eigenvalue weighted by molar-refractivity contribution is 0.102. The topological polar surface area (TPSA) is 128 Å². The number of rotatable bonds is 3. The number of phenols is 2. The molecule has 0 aliphatic rings. The zero-order chi connectivity index (χ0) is 15.4. The molecule has 0 spiro atoms. The largest absolute Gasteiger partial charge is 0.504 e. The highest BCUT2D eigenvalue weighted by atomic mass is 16.4. The predicted molar refractivity (Wildman–Crippen MR) is 76.7 cm³/mol. The number of anilines is 1. The first kappa shape index (κ1) is 14.2. The van der Waals surface area contributed by atoms with Crippen LogP contribution in [0.2, 0.25) is 0 Å². The van der Waals surface area contributed by atoms with Crippen molar-refractivity contribution in [2.75, 3.05) is 5.32 Å². The van der Waals surface area contributed by atoms with E-state index in [2.05, 4.69) is 10.5 Å². The number of benzene rings is 2. The predicted octanol–water partition coefficient (Wildman–Crippen LogP) is 1.44.